The number of nitrogens with zero attached hydrogens (tertiary/aromatic N) is 2. The Hall–Kier alpha value is -3.53. The third-order valence-corrected chi connectivity index (χ3v) is 10.1. The van der Waals surface area contributed by atoms with Gasteiger partial charge in [0.05, 0.1) is 21.4 Å². The summed E-state index contributed by atoms with van der Waals surface area (Å²) in [7, 11) is -2.75. The maximum atomic E-state index is 13.5. The SMILES string of the molecule is Cc1cc2c(cc1CCNC(=O)c1cc(Cl)c(Cl)c(S(=O)(=O)Nc3c(C)n(C)n(-c4ccccc4)c3=O)c1)CCCC2. The predicted molar refractivity (Wildman–Crippen MR) is 167 cm³/mol. The lowest BCUT2D eigenvalue weighted by atomic mass is 9.88. The number of amides is 1. The van der Waals surface area contributed by atoms with E-state index in [2.05, 4.69) is 29.1 Å². The number of nitrogens with one attached hydrogen (secondary N) is 2. The highest BCUT2D eigenvalue weighted by Gasteiger charge is 2.27. The largest absolute Gasteiger partial charge is 0.352 e. The third-order valence-electron chi connectivity index (χ3n) is 7.82. The maximum absolute atomic E-state index is 13.5. The highest BCUT2D eigenvalue weighted by molar-refractivity contribution is 7.92. The van der Waals surface area contributed by atoms with Gasteiger partial charge in [-0.3, -0.25) is 19.0 Å². The van der Waals surface area contributed by atoms with E-state index in [0.29, 0.717) is 24.3 Å². The number of rotatable bonds is 8. The van der Waals surface area contributed by atoms with Crippen LogP contribution >= 0.6 is 23.2 Å². The number of fused-ring (bicyclic) bond motifs is 1. The molecule has 3 aromatic carbocycles. The molecule has 4 aromatic rings. The van der Waals surface area contributed by atoms with Crippen LogP contribution in [0.15, 0.2) is 64.3 Å². The van der Waals surface area contributed by atoms with Crippen molar-refractivity contribution in [3.8, 4) is 5.69 Å². The molecule has 1 aliphatic carbocycles. The van der Waals surface area contributed by atoms with Crippen molar-refractivity contribution >= 4 is 44.8 Å². The van der Waals surface area contributed by atoms with Crippen LogP contribution in [-0.4, -0.2) is 30.2 Å². The Morgan fingerprint density at radius 1 is 0.976 bits per heavy atom. The molecule has 5 rings (SSSR count). The highest BCUT2D eigenvalue weighted by Crippen LogP contribution is 2.32. The summed E-state index contributed by atoms with van der Waals surface area (Å²) in [6.45, 7) is 4.07. The van der Waals surface area contributed by atoms with Crippen LogP contribution < -0.4 is 15.6 Å². The minimum absolute atomic E-state index is 0.0402. The molecule has 1 amide bonds. The normalized spacial score (nSPS) is 13.1. The fourth-order valence-electron chi connectivity index (χ4n) is 5.41. The second-order valence-corrected chi connectivity index (χ2v) is 13.0. The van der Waals surface area contributed by atoms with Crippen molar-refractivity contribution in [2.24, 2.45) is 7.05 Å². The van der Waals surface area contributed by atoms with Crippen molar-refractivity contribution in [2.75, 3.05) is 11.3 Å². The average Bonchev–Trinajstić information content (AvgIpc) is 3.17. The maximum Gasteiger partial charge on any atom is 0.296 e. The van der Waals surface area contributed by atoms with Crippen molar-refractivity contribution in [3.63, 3.8) is 0 Å². The van der Waals surface area contributed by atoms with Crippen LogP contribution in [0.3, 0.4) is 0 Å². The van der Waals surface area contributed by atoms with Gasteiger partial charge in [0.1, 0.15) is 10.6 Å². The van der Waals surface area contributed by atoms with Crippen LogP contribution in [-0.2, 0) is 36.3 Å². The second-order valence-electron chi connectivity index (χ2n) is 10.6. The van der Waals surface area contributed by atoms with Gasteiger partial charge >= 0.3 is 0 Å². The van der Waals surface area contributed by atoms with E-state index in [0.717, 1.165) is 12.8 Å². The first-order chi connectivity index (χ1) is 20.0. The molecule has 0 bridgehead atoms. The first kappa shape index (κ1) is 29.9. The van der Waals surface area contributed by atoms with E-state index < -0.39 is 26.4 Å². The Kier molecular flexibility index (Phi) is 8.55. The number of benzene rings is 3. The predicted octanol–water partition coefficient (Wildman–Crippen LogP) is 5.75. The molecule has 0 fully saturated rings. The van der Waals surface area contributed by atoms with Gasteiger partial charge in [0, 0.05) is 19.2 Å². The summed E-state index contributed by atoms with van der Waals surface area (Å²) in [5.41, 5.74) is 5.47. The standard InChI is InChI=1S/C31H32Cl2N4O4S/c1-19-15-22-9-7-8-10-23(22)16-21(19)13-14-34-30(38)24-17-26(32)28(33)27(18-24)42(40,41)35-29-20(2)36(3)37(31(29)39)25-11-5-4-6-12-25/h4-6,11-12,15-18,35H,7-10,13-14H2,1-3H3,(H,34,38). The van der Waals surface area contributed by atoms with Gasteiger partial charge in [-0.05, 0) is 92.5 Å². The summed E-state index contributed by atoms with van der Waals surface area (Å²) in [5.74, 6) is -0.483. The van der Waals surface area contributed by atoms with Crippen molar-refractivity contribution in [3.05, 3.63) is 109 Å². The van der Waals surface area contributed by atoms with Crippen LogP contribution in [0.1, 0.15) is 51.1 Å². The van der Waals surface area contributed by atoms with Gasteiger partial charge < -0.3 is 5.32 Å². The molecule has 0 aliphatic heterocycles. The second kappa shape index (κ2) is 12.0. The zero-order chi connectivity index (χ0) is 30.2. The van der Waals surface area contributed by atoms with Gasteiger partial charge in [0.2, 0.25) is 0 Å². The average molecular weight is 628 g/mol. The smallest absolute Gasteiger partial charge is 0.296 e. The number of hydrogen-bond acceptors (Lipinski definition) is 4. The minimum atomic E-state index is -4.40. The molecule has 11 heteroatoms. The molecule has 0 saturated carbocycles. The molecule has 1 aromatic heterocycles. The first-order valence-electron chi connectivity index (χ1n) is 13.7. The fourth-order valence-corrected chi connectivity index (χ4v) is 7.34. The lowest BCUT2D eigenvalue weighted by Gasteiger charge is -2.19. The summed E-state index contributed by atoms with van der Waals surface area (Å²) in [6, 6.07) is 15.8. The zero-order valence-corrected chi connectivity index (χ0v) is 26.0. The third kappa shape index (κ3) is 5.86. The summed E-state index contributed by atoms with van der Waals surface area (Å²) >= 11 is 12.6. The number of hydrogen-bond donors (Lipinski definition) is 2. The number of sulfonamides is 1. The van der Waals surface area contributed by atoms with Crippen molar-refractivity contribution < 1.29 is 13.2 Å². The number of aryl methyl sites for hydroxylation is 3. The van der Waals surface area contributed by atoms with Crippen LogP contribution in [0.2, 0.25) is 10.0 Å². The molecule has 1 heterocycles. The number of aromatic nitrogens is 2. The van der Waals surface area contributed by atoms with E-state index in [1.807, 2.05) is 6.07 Å². The number of anilines is 1. The van der Waals surface area contributed by atoms with Crippen molar-refractivity contribution in [1.82, 2.24) is 14.7 Å². The van der Waals surface area contributed by atoms with Gasteiger partial charge in [-0.1, -0.05) is 53.5 Å². The molecule has 0 spiro atoms. The van der Waals surface area contributed by atoms with E-state index >= 15 is 0 Å². The molecule has 0 radical (unpaired) electrons. The van der Waals surface area contributed by atoms with Crippen LogP contribution in [0.5, 0.6) is 0 Å². The topological polar surface area (TPSA) is 102 Å². The Labute approximate surface area is 255 Å². The van der Waals surface area contributed by atoms with Gasteiger partial charge in [0.15, 0.2) is 0 Å². The minimum Gasteiger partial charge on any atom is -0.352 e. The number of carbonyl (C=O) groups is 1. The Morgan fingerprint density at radius 2 is 1.64 bits per heavy atom. The van der Waals surface area contributed by atoms with E-state index in [1.165, 1.54) is 51.9 Å². The van der Waals surface area contributed by atoms with E-state index in [1.54, 1.807) is 42.9 Å². The molecule has 0 unspecified atom stereocenters. The number of para-hydroxylation sites is 1. The van der Waals surface area contributed by atoms with Crippen LogP contribution in [0.25, 0.3) is 5.69 Å². The quantitative estimate of drug-likeness (QED) is 0.260. The summed E-state index contributed by atoms with van der Waals surface area (Å²) in [6.07, 6.45) is 5.23. The van der Waals surface area contributed by atoms with Gasteiger partial charge in [0.25, 0.3) is 21.5 Å². The van der Waals surface area contributed by atoms with E-state index in [9.17, 15) is 18.0 Å². The van der Waals surface area contributed by atoms with E-state index in [-0.39, 0.29) is 21.3 Å². The van der Waals surface area contributed by atoms with Crippen molar-refractivity contribution in [1.29, 1.82) is 0 Å². The van der Waals surface area contributed by atoms with Gasteiger partial charge in [-0.2, -0.15) is 0 Å². The van der Waals surface area contributed by atoms with Gasteiger partial charge in [-0.25, -0.2) is 13.1 Å². The Balaban J connectivity index is 1.36. The summed E-state index contributed by atoms with van der Waals surface area (Å²) in [4.78, 5) is 26.0. The monoisotopic (exact) mass is 626 g/mol. The summed E-state index contributed by atoms with van der Waals surface area (Å²) in [5, 5.41) is 2.52. The van der Waals surface area contributed by atoms with Gasteiger partial charge in [-0.15, -0.1) is 0 Å². The fraction of sp³-hybridized carbons (Fsp3) is 0.290. The molecular formula is C31H32Cl2N4O4S. The van der Waals surface area contributed by atoms with Crippen LogP contribution in [0, 0.1) is 13.8 Å². The molecule has 8 nitrogen and oxygen atoms in total. The molecule has 0 saturated heterocycles. The first-order valence-corrected chi connectivity index (χ1v) is 16.0. The Morgan fingerprint density at radius 3 is 2.33 bits per heavy atom. The molecular weight excluding hydrogens is 595 g/mol. The molecule has 2 N–H and O–H groups in total. The number of carbonyl (C=O) groups excluding carboxylic acids is 1. The lowest BCUT2D eigenvalue weighted by molar-refractivity contribution is 0.0954. The Bertz CT molecular complexity index is 1850. The zero-order valence-electron chi connectivity index (χ0n) is 23.6. The van der Waals surface area contributed by atoms with Crippen molar-refractivity contribution in [2.45, 2.75) is 50.8 Å². The molecule has 0 atom stereocenters. The lowest BCUT2D eigenvalue weighted by Crippen LogP contribution is -2.27. The highest BCUT2D eigenvalue weighted by atomic mass is 35.5. The molecule has 1 aliphatic rings. The summed E-state index contributed by atoms with van der Waals surface area (Å²) < 4.78 is 32.3. The molecule has 220 valence electrons. The molecule has 42 heavy (non-hydrogen) atoms. The number of halogens is 2. The van der Waals surface area contributed by atoms with E-state index in [4.69, 9.17) is 23.2 Å². The van der Waals surface area contributed by atoms with Crippen LogP contribution in [0.4, 0.5) is 5.69 Å².